The van der Waals surface area contributed by atoms with Crippen molar-refractivity contribution < 1.29 is 23.6 Å². The van der Waals surface area contributed by atoms with Gasteiger partial charge in [-0.1, -0.05) is 15.9 Å². The molecule has 1 amide bonds. The van der Waals surface area contributed by atoms with E-state index in [-0.39, 0.29) is 17.3 Å². The maximum Gasteiger partial charge on any atom is 0.307 e. The van der Waals surface area contributed by atoms with Crippen LogP contribution in [0.3, 0.4) is 0 Å². The molecule has 0 fully saturated rings. The summed E-state index contributed by atoms with van der Waals surface area (Å²) in [4.78, 5) is 26.5. The first-order chi connectivity index (χ1) is 16.3. The Morgan fingerprint density at radius 2 is 2.00 bits per heavy atom. The minimum atomic E-state index is -0.545. The van der Waals surface area contributed by atoms with Crippen molar-refractivity contribution in [1.29, 1.82) is 0 Å². The number of pyridine rings is 1. The lowest BCUT2D eigenvalue weighted by molar-refractivity contribution is -0.385. The van der Waals surface area contributed by atoms with Crippen molar-refractivity contribution in [2.45, 2.75) is 0 Å². The van der Waals surface area contributed by atoms with Crippen LogP contribution in [0.1, 0.15) is 16.1 Å². The molecule has 0 spiro atoms. The molecule has 10 nitrogen and oxygen atoms in total. The first-order valence-corrected chi connectivity index (χ1v) is 11.1. The molecule has 0 aliphatic rings. The van der Waals surface area contributed by atoms with Crippen molar-refractivity contribution in [3.63, 3.8) is 0 Å². The van der Waals surface area contributed by atoms with Crippen molar-refractivity contribution in [1.82, 2.24) is 10.4 Å². The number of benzene rings is 2. The fraction of sp³-hybridized carbons (Fsp3) is 0.0455. The summed E-state index contributed by atoms with van der Waals surface area (Å²) >= 11 is 6.80. The summed E-state index contributed by atoms with van der Waals surface area (Å²) in [5.41, 5.74) is 3.46. The van der Waals surface area contributed by atoms with Crippen LogP contribution in [-0.4, -0.2) is 29.1 Å². The Kier molecular flexibility index (Phi) is 6.89. The Hall–Kier alpha value is -3.77. The van der Waals surface area contributed by atoms with Gasteiger partial charge >= 0.3 is 5.91 Å². The highest BCUT2D eigenvalue weighted by Gasteiger charge is 2.14. The second-order valence-corrected chi connectivity index (χ2v) is 8.51. The van der Waals surface area contributed by atoms with Gasteiger partial charge in [0.05, 0.1) is 22.7 Å². The van der Waals surface area contributed by atoms with E-state index in [1.165, 1.54) is 25.5 Å². The molecule has 0 atom stereocenters. The molecule has 0 aliphatic carbocycles. The normalized spacial score (nSPS) is 11.0. The number of furan rings is 1. The first kappa shape index (κ1) is 23.4. The van der Waals surface area contributed by atoms with Gasteiger partial charge in [-0.05, 0) is 57.9 Å². The minimum Gasteiger partial charge on any atom is -0.493 e. The number of rotatable bonds is 7. The van der Waals surface area contributed by atoms with Crippen LogP contribution in [0.5, 0.6) is 17.4 Å². The molecule has 0 saturated heterocycles. The van der Waals surface area contributed by atoms with Crippen LogP contribution in [0, 0.1) is 10.1 Å². The monoisotopic (exact) mass is 588 g/mol. The maximum absolute atomic E-state index is 12.4. The number of hydrogen-bond acceptors (Lipinski definition) is 8. The number of carbonyl (C=O) groups excluding carboxylic acids is 1. The average molecular weight is 590 g/mol. The Balaban J connectivity index is 1.44. The zero-order chi connectivity index (χ0) is 24.2. The number of nitro groups is 1. The highest BCUT2D eigenvalue weighted by Crippen LogP contribution is 2.32. The smallest absolute Gasteiger partial charge is 0.307 e. The van der Waals surface area contributed by atoms with Gasteiger partial charge in [0.1, 0.15) is 11.8 Å². The Labute approximate surface area is 209 Å². The van der Waals surface area contributed by atoms with Crippen molar-refractivity contribution in [3.8, 4) is 17.4 Å². The fourth-order valence-corrected chi connectivity index (χ4v) is 4.25. The number of aromatic nitrogens is 1. The highest BCUT2D eigenvalue weighted by atomic mass is 79.9. The molecule has 1 N–H and O–H groups in total. The molecule has 0 aliphatic heterocycles. The summed E-state index contributed by atoms with van der Waals surface area (Å²) in [7, 11) is 1.46. The van der Waals surface area contributed by atoms with Gasteiger partial charge in [-0.15, -0.1) is 0 Å². The van der Waals surface area contributed by atoms with E-state index in [1.807, 2.05) is 12.1 Å². The zero-order valence-corrected chi connectivity index (χ0v) is 20.5. The number of fused-ring (bicyclic) bond motifs is 1. The predicted molar refractivity (Wildman–Crippen MR) is 131 cm³/mol. The van der Waals surface area contributed by atoms with Crippen molar-refractivity contribution >= 4 is 60.6 Å². The van der Waals surface area contributed by atoms with Crippen LogP contribution in [0.15, 0.2) is 73.2 Å². The second kappa shape index (κ2) is 10.0. The highest BCUT2D eigenvalue weighted by molar-refractivity contribution is 9.11. The van der Waals surface area contributed by atoms with Crippen molar-refractivity contribution in [3.05, 3.63) is 85.1 Å². The molecule has 4 aromatic rings. The van der Waals surface area contributed by atoms with E-state index in [4.69, 9.17) is 13.9 Å². The quantitative estimate of drug-likeness (QED) is 0.163. The van der Waals surface area contributed by atoms with E-state index in [9.17, 15) is 14.9 Å². The second-order valence-electron chi connectivity index (χ2n) is 6.74. The van der Waals surface area contributed by atoms with Crippen LogP contribution < -0.4 is 14.9 Å². The number of amides is 1. The van der Waals surface area contributed by atoms with Gasteiger partial charge in [0.2, 0.25) is 5.88 Å². The Morgan fingerprint density at radius 3 is 2.71 bits per heavy atom. The topological polar surface area (TPSA) is 129 Å². The molecule has 172 valence electrons. The van der Waals surface area contributed by atoms with Crippen LogP contribution in [-0.2, 0) is 0 Å². The number of ether oxygens (including phenoxy) is 2. The van der Waals surface area contributed by atoms with Crippen LogP contribution in [0.25, 0.3) is 11.0 Å². The van der Waals surface area contributed by atoms with Gasteiger partial charge < -0.3 is 13.9 Å². The van der Waals surface area contributed by atoms with Crippen molar-refractivity contribution in [2.24, 2.45) is 5.10 Å². The molecule has 2 aromatic carbocycles. The third kappa shape index (κ3) is 5.24. The third-order valence-electron chi connectivity index (χ3n) is 4.47. The van der Waals surface area contributed by atoms with Gasteiger partial charge in [-0.25, -0.2) is 10.4 Å². The van der Waals surface area contributed by atoms with Gasteiger partial charge in [0.15, 0.2) is 17.3 Å². The molecule has 2 heterocycles. The molecule has 0 unspecified atom stereocenters. The number of methoxy groups -OCH3 is 1. The van der Waals surface area contributed by atoms with E-state index in [2.05, 4.69) is 47.4 Å². The molecule has 12 heteroatoms. The predicted octanol–water partition coefficient (Wildman–Crippen LogP) is 5.83. The van der Waals surface area contributed by atoms with Gasteiger partial charge in [-0.2, -0.15) is 5.10 Å². The fourth-order valence-electron chi connectivity index (χ4n) is 2.91. The minimum absolute atomic E-state index is 0.114. The molecule has 0 saturated carbocycles. The summed E-state index contributed by atoms with van der Waals surface area (Å²) in [5.74, 6) is 0.504. The lowest BCUT2D eigenvalue weighted by atomic mass is 10.2. The number of hydrazone groups is 1. The van der Waals surface area contributed by atoms with Crippen LogP contribution >= 0.6 is 31.9 Å². The summed E-state index contributed by atoms with van der Waals surface area (Å²) in [6.07, 6.45) is 2.54. The Bertz CT molecular complexity index is 1420. The number of hydrogen-bond donors (Lipinski definition) is 1. The molecule has 4 rings (SSSR count). The number of nitrogens with zero attached hydrogens (tertiary/aromatic N) is 3. The summed E-state index contributed by atoms with van der Waals surface area (Å²) in [5, 5.41) is 15.5. The lowest BCUT2D eigenvalue weighted by Gasteiger charge is -2.10. The molecule has 0 bridgehead atoms. The molecule has 0 radical (unpaired) electrons. The van der Waals surface area contributed by atoms with E-state index in [0.717, 1.165) is 20.5 Å². The van der Waals surface area contributed by atoms with Gasteiger partial charge in [0, 0.05) is 22.0 Å². The van der Waals surface area contributed by atoms with Crippen LogP contribution in [0.4, 0.5) is 5.69 Å². The van der Waals surface area contributed by atoms with E-state index in [1.54, 1.807) is 24.3 Å². The molecule has 2 aromatic heterocycles. The van der Waals surface area contributed by atoms with Gasteiger partial charge in [-0.3, -0.25) is 14.9 Å². The summed E-state index contributed by atoms with van der Waals surface area (Å²) in [6.45, 7) is 0. The van der Waals surface area contributed by atoms with E-state index >= 15 is 0 Å². The first-order valence-electron chi connectivity index (χ1n) is 9.52. The van der Waals surface area contributed by atoms with E-state index < -0.39 is 10.8 Å². The van der Waals surface area contributed by atoms with Crippen LogP contribution in [0.2, 0.25) is 0 Å². The van der Waals surface area contributed by atoms with Crippen molar-refractivity contribution in [2.75, 3.05) is 7.11 Å². The number of carbonyl (C=O) groups is 1. The largest absolute Gasteiger partial charge is 0.493 e. The summed E-state index contributed by atoms with van der Waals surface area (Å²) in [6, 6.07) is 12.9. The number of nitrogens with one attached hydrogen (secondary N) is 1. The molecular weight excluding hydrogens is 576 g/mol. The standard InChI is InChI=1S/C22H14Br2N4O6/c1-32-18-6-12(2-4-17(18)33-20-5-3-15(11-25-20)28(30)31)10-26-27-22(29)19-8-13-7-14(23)9-16(24)21(13)34-19/h2-11H,1H3,(H,27,29)/b26-10-. The maximum atomic E-state index is 12.4. The Morgan fingerprint density at radius 1 is 1.18 bits per heavy atom. The average Bonchev–Trinajstić information content (AvgIpc) is 3.25. The summed E-state index contributed by atoms with van der Waals surface area (Å²) < 4.78 is 18.2. The van der Waals surface area contributed by atoms with Gasteiger partial charge in [0.25, 0.3) is 5.69 Å². The molecular formula is C22H14Br2N4O6. The third-order valence-corrected chi connectivity index (χ3v) is 5.52. The zero-order valence-electron chi connectivity index (χ0n) is 17.3. The SMILES string of the molecule is COc1cc(/C=N\NC(=O)c2cc3cc(Br)cc(Br)c3o2)ccc1Oc1ccc([N+](=O)[O-])cn1. The number of halogens is 2. The molecule has 34 heavy (non-hydrogen) atoms. The van der Waals surface area contributed by atoms with E-state index in [0.29, 0.717) is 22.6 Å². The lowest BCUT2D eigenvalue weighted by Crippen LogP contribution is -2.16.